The maximum absolute atomic E-state index is 11.4. The molecule has 14 heavy (non-hydrogen) atoms. The van der Waals surface area contributed by atoms with Gasteiger partial charge in [-0.15, -0.1) is 11.6 Å². The van der Waals surface area contributed by atoms with Gasteiger partial charge in [0.05, 0.1) is 6.61 Å². The lowest BCUT2D eigenvalue weighted by Gasteiger charge is -2.22. The summed E-state index contributed by atoms with van der Waals surface area (Å²) in [5, 5.41) is 0. The summed E-state index contributed by atoms with van der Waals surface area (Å²) in [5.74, 6) is 0.261. The average molecular weight is 219 g/mol. The van der Waals surface area contributed by atoms with Gasteiger partial charge in [0.25, 0.3) is 0 Å². The van der Waals surface area contributed by atoms with Gasteiger partial charge in [-0.1, -0.05) is 19.3 Å². The molecule has 0 radical (unpaired) electrons. The summed E-state index contributed by atoms with van der Waals surface area (Å²) in [5.41, 5.74) is 0. The fourth-order valence-corrected chi connectivity index (χ4v) is 1.77. The highest BCUT2D eigenvalue weighted by Gasteiger charge is 2.27. The van der Waals surface area contributed by atoms with Crippen LogP contribution >= 0.6 is 11.6 Å². The number of rotatable bonds is 3. The molecular weight excluding hydrogens is 200 g/mol. The molecule has 1 rings (SSSR count). The van der Waals surface area contributed by atoms with Crippen molar-refractivity contribution < 1.29 is 9.53 Å². The quantitative estimate of drug-likeness (QED) is 0.538. The average Bonchev–Trinajstić information content (AvgIpc) is 2.14. The minimum Gasteiger partial charge on any atom is -0.464 e. The van der Waals surface area contributed by atoms with Crippen molar-refractivity contribution in [2.45, 2.75) is 50.8 Å². The Hall–Kier alpha value is -0.240. The fourth-order valence-electron chi connectivity index (χ4n) is 1.72. The van der Waals surface area contributed by atoms with Gasteiger partial charge in [0.15, 0.2) is 0 Å². The van der Waals surface area contributed by atoms with Gasteiger partial charge in [0, 0.05) is 0 Å². The first-order chi connectivity index (χ1) is 6.50. The molecule has 0 heterocycles. The number of hydrogen-bond donors (Lipinski definition) is 0. The summed E-state index contributed by atoms with van der Waals surface area (Å²) in [7, 11) is 0. The van der Waals surface area contributed by atoms with E-state index in [2.05, 4.69) is 0 Å². The van der Waals surface area contributed by atoms with E-state index in [4.69, 9.17) is 16.3 Å². The highest BCUT2D eigenvalue weighted by atomic mass is 35.5. The lowest BCUT2D eigenvalue weighted by Crippen LogP contribution is -2.29. The topological polar surface area (TPSA) is 26.3 Å². The van der Waals surface area contributed by atoms with E-state index in [0.29, 0.717) is 12.5 Å². The molecule has 0 aromatic carbocycles. The van der Waals surface area contributed by atoms with Crippen LogP contribution in [0, 0.1) is 5.92 Å². The van der Waals surface area contributed by atoms with Gasteiger partial charge >= 0.3 is 5.97 Å². The number of ether oxygens (including phenoxy) is 1. The van der Waals surface area contributed by atoms with E-state index < -0.39 is 4.87 Å². The second-order valence-electron chi connectivity index (χ2n) is 4.57. The number of hydrogen-bond acceptors (Lipinski definition) is 2. The van der Waals surface area contributed by atoms with Crippen molar-refractivity contribution in [3.05, 3.63) is 0 Å². The number of alkyl halides is 1. The number of halogens is 1. The van der Waals surface area contributed by atoms with Crippen molar-refractivity contribution in [3.63, 3.8) is 0 Å². The van der Waals surface area contributed by atoms with Crippen LogP contribution in [-0.4, -0.2) is 17.5 Å². The fraction of sp³-hybridized carbons (Fsp3) is 0.909. The molecule has 0 atom stereocenters. The van der Waals surface area contributed by atoms with Gasteiger partial charge < -0.3 is 4.74 Å². The smallest absolute Gasteiger partial charge is 0.326 e. The van der Waals surface area contributed by atoms with Crippen molar-refractivity contribution in [1.29, 1.82) is 0 Å². The first kappa shape index (κ1) is 11.8. The molecule has 3 heteroatoms. The Balaban J connectivity index is 2.22. The Labute approximate surface area is 91.0 Å². The monoisotopic (exact) mass is 218 g/mol. The van der Waals surface area contributed by atoms with Crippen LogP contribution in [0.5, 0.6) is 0 Å². The van der Waals surface area contributed by atoms with Gasteiger partial charge in [-0.3, -0.25) is 4.79 Å². The summed E-state index contributed by atoms with van der Waals surface area (Å²) in [6, 6.07) is 0. The minimum absolute atomic E-state index is 0.301. The van der Waals surface area contributed by atoms with Crippen LogP contribution in [0.25, 0.3) is 0 Å². The van der Waals surface area contributed by atoms with Crippen molar-refractivity contribution >= 4 is 17.6 Å². The zero-order chi connectivity index (χ0) is 10.6. The van der Waals surface area contributed by atoms with E-state index in [0.717, 1.165) is 0 Å². The molecule has 0 saturated heterocycles. The molecule has 0 N–H and O–H groups in total. The zero-order valence-corrected chi connectivity index (χ0v) is 9.77. The molecular formula is C11H19ClO2. The van der Waals surface area contributed by atoms with Crippen LogP contribution in [0.2, 0.25) is 0 Å². The highest BCUT2D eigenvalue weighted by molar-refractivity contribution is 6.33. The molecule has 2 nitrogen and oxygen atoms in total. The molecule has 0 aliphatic heterocycles. The Morgan fingerprint density at radius 1 is 1.36 bits per heavy atom. The van der Waals surface area contributed by atoms with Gasteiger partial charge in [-0.25, -0.2) is 0 Å². The van der Waals surface area contributed by atoms with Gasteiger partial charge in [-0.05, 0) is 32.6 Å². The number of carbonyl (C=O) groups is 1. The zero-order valence-electron chi connectivity index (χ0n) is 9.01. The molecule has 1 saturated carbocycles. The van der Waals surface area contributed by atoms with Gasteiger partial charge in [0.1, 0.15) is 4.87 Å². The van der Waals surface area contributed by atoms with Crippen LogP contribution in [0.1, 0.15) is 46.0 Å². The lowest BCUT2D eigenvalue weighted by atomic mass is 9.90. The molecule has 0 unspecified atom stereocenters. The molecule has 0 bridgehead atoms. The highest BCUT2D eigenvalue weighted by Crippen LogP contribution is 2.24. The van der Waals surface area contributed by atoms with Crippen LogP contribution in [0.4, 0.5) is 0 Å². The van der Waals surface area contributed by atoms with Gasteiger partial charge in [0.2, 0.25) is 0 Å². The summed E-state index contributed by atoms with van der Waals surface area (Å²) in [4.78, 5) is 10.5. The Kier molecular flexibility index (Phi) is 4.24. The van der Waals surface area contributed by atoms with E-state index >= 15 is 0 Å². The summed E-state index contributed by atoms with van der Waals surface area (Å²) in [6.07, 6.45) is 6.25. The molecule has 1 aliphatic carbocycles. The molecule has 1 fully saturated rings. The molecule has 0 aromatic rings. The molecule has 82 valence electrons. The largest absolute Gasteiger partial charge is 0.464 e. The molecule has 0 amide bonds. The van der Waals surface area contributed by atoms with Crippen molar-refractivity contribution in [1.82, 2.24) is 0 Å². The Bertz CT molecular complexity index is 190. The van der Waals surface area contributed by atoms with E-state index in [9.17, 15) is 4.79 Å². The normalized spacial score (nSPS) is 19.4. The predicted octanol–water partition coefficient (Wildman–Crippen LogP) is 3.13. The predicted molar refractivity (Wildman–Crippen MR) is 57.5 cm³/mol. The first-order valence-corrected chi connectivity index (χ1v) is 5.74. The first-order valence-electron chi connectivity index (χ1n) is 5.36. The molecule has 1 aliphatic rings. The second-order valence-corrected chi connectivity index (χ2v) is 5.52. The third-order valence-corrected chi connectivity index (χ3v) is 2.81. The second kappa shape index (κ2) is 5.01. The third-order valence-electron chi connectivity index (χ3n) is 2.66. The van der Waals surface area contributed by atoms with Crippen molar-refractivity contribution in [2.24, 2.45) is 5.92 Å². The molecule has 0 aromatic heterocycles. The SMILES string of the molecule is CC(C)(Cl)C(=O)OCC1CCCCC1. The van der Waals surface area contributed by atoms with E-state index in [1.54, 1.807) is 13.8 Å². The molecule has 0 spiro atoms. The van der Waals surface area contributed by atoms with Crippen LogP contribution in [0.3, 0.4) is 0 Å². The van der Waals surface area contributed by atoms with Crippen molar-refractivity contribution in [2.75, 3.05) is 6.61 Å². The standard InChI is InChI=1S/C11H19ClO2/c1-11(2,12)10(13)14-8-9-6-4-3-5-7-9/h9H,3-8H2,1-2H3. The van der Waals surface area contributed by atoms with Gasteiger partial charge in [-0.2, -0.15) is 0 Å². The van der Waals surface area contributed by atoms with Crippen LogP contribution in [-0.2, 0) is 9.53 Å². The summed E-state index contributed by atoms with van der Waals surface area (Å²) >= 11 is 5.83. The maximum atomic E-state index is 11.4. The van der Waals surface area contributed by atoms with E-state index in [1.807, 2.05) is 0 Å². The minimum atomic E-state index is -0.880. The van der Waals surface area contributed by atoms with Crippen LogP contribution in [0.15, 0.2) is 0 Å². The summed E-state index contributed by atoms with van der Waals surface area (Å²) < 4.78 is 5.18. The maximum Gasteiger partial charge on any atom is 0.326 e. The number of carbonyl (C=O) groups excluding carboxylic acids is 1. The Morgan fingerprint density at radius 2 is 1.93 bits per heavy atom. The van der Waals surface area contributed by atoms with E-state index in [1.165, 1.54) is 32.1 Å². The van der Waals surface area contributed by atoms with Crippen molar-refractivity contribution in [3.8, 4) is 0 Å². The summed E-state index contributed by atoms with van der Waals surface area (Å²) in [6.45, 7) is 3.88. The van der Waals surface area contributed by atoms with Crippen LogP contribution < -0.4 is 0 Å². The number of esters is 1. The lowest BCUT2D eigenvalue weighted by molar-refractivity contribution is -0.147. The Morgan fingerprint density at radius 3 is 2.43 bits per heavy atom. The third kappa shape index (κ3) is 3.87. The van der Waals surface area contributed by atoms with E-state index in [-0.39, 0.29) is 5.97 Å².